The van der Waals surface area contributed by atoms with E-state index in [1.54, 1.807) is 84.0 Å². The number of hydrogen-bond acceptors (Lipinski definition) is 12. The van der Waals surface area contributed by atoms with E-state index in [2.05, 4.69) is 16.2 Å². The normalized spacial score (nSPS) is 25.1. The van der Waals surface area contributed by atoms with E-state index >= 15 is 0 Å². The first kappa shape index (κ1) is 34.1. The second-order valence-corrected chi connectivity index (χ2v) is 13.9. The van der Waals surface area contributed by atoms with Crippen molar-refractivity contribution >= 4 is 25.1 Å². The summed E-state index contributed by atoms with van der Waals surface area (Å²) >= 11 is 0. The van der Waals surface area contributed by atoms with E-state index < -0.39 is 61.4 Å². The molecule has 0 saturated carbocycles. The summed E-state index contributed by atoms with van der Waals surface area (Å²) in [5.74, 6) is -2.47. The first-order valence-corrected chi connectivity index (χ1v) is 16.4. The molecule has 0 bridgehead atoms. The Morgan fingerprint density at radius 3 is 2.44 bits per heavy atom. The lowest BCUT2D eigenvalue weighted by Crippen LogP contribution is -2.54. The number of carbonyl (C=O) groups excluding carboxylic acids is 2. The van der Waals surface area contributed by atoms with E-state index in [9.17, 15) is 24.5 Å². The molecule has 1 fully saturated rings. The van der Waals surface area contributed by atoms with Crippen LogP contribution >= 0.6 is 7.60 Å². The maximum atomic E-state index is 14.2. The van der Waals surface area contributed by atoms with Gasteiger partial charge in [0.05, 0.1) is 47.6 Å². The smallest absolute Gasteiger partial charge is 0.380 e. The average Bonchev–Trinajstić information content (AvgIpc) is 3.50. The summed E-state index contributed by atoms with van der Waals surface area (Å²) < 4.78 is 44.8. The van der Waals surface area contributed by atoms with E-state index in [1.807, 2.05) is 0 Å². The van der Waals surface area contributed by atoms with Gasteiger partial charge in [0.25, 0.3) is 0 Å². The molecule has 2 aromatic heterocycles. The summed E-state index contributed by atoms with van der Waals surface area (Å²) in [4.78, 5) is 29.7. The number of nitrogens with zero attached hydrogens (tertiary/aromatic N) is 4. The van der Waals surface area contributed by atoms with Crippen molar-refractivity contribution in [2.24, 2.45) is 11.8 Å². The number of nitriles is 1. The monoisotopic (exact) mass is 642 g/mol. The van der Waals surface area contributed by atoms with Crippen LogP contribution in [0.5, 0.6) is 5.75 Å². The fourth-order valence-corrected chi connectivity index (χ4v) is 6.96. The average molecular weight is 643 g/mol. The highest BCUT2D eigenvalue weighted by molar-refractivity contribution is 7.54. The first-order chi connectivity index (χ1) is 21.1. The number of aryl methyl sites for hydroxylation is 1. The van der Waals surface area contributed by atoms with Gasteiger partial charge in [0, 0.05) is 0 Å². The third-order valence-corrected chi connectivity index (χ3v) is 9.51. The van der Waals surface area contributed by atoms with Crippen molar-refractivity contribution in [2.75, 3.05) is 12.8 Å². The highest BCUT2D eigenvalue weighted by Gasteiger charge is 2.67. The quantitative estimate of drug-likeness (QED) is 0.219. The molecule has 6 atom stereocenters. The minimum absolute atomic E-state index is 0.164. The Morgan fingerprint density at radius 1 is 1.13 bits per heavy atom. The highest BCUT2D eigenvalue weighted by Crippen LogP contribution is 2.53. The lowest BCUT2D eigenvalue weighted by Gasteiger charge is -2.34. The summed E-state index contributed by atoms with van der Waals surface area (Å²) in [5.41, 5.74) is -2.91. The third-order valence-electron chi connectivity index (χ3n) is 7.48. The van der Waals surface area contributed by atoms with Gasteiger partial charge in [-0.15, -0.1) is 0 Å². The Balaban J connectivity index is 1.72. The van der Waals surface area contributed by atoms with Gasteiger partial charge < -0.3 is 23.8 Å². The predicted octanol–water partition coefficient (Wildman–Crippen LogP) is 4.35. The Kier molecular flexibility index (Phi) is 10.0. The van der Waals surface area contributed by atoms with E-state index in [4.69, 9.17) is 23.3 Å². The molecule has 3 aromatic rings. The molecule has 45 heavy (non-hydrogen) atoms. The molecular formula is C31H39N4O9P. The van der Waals surface area contributed by atoms with Crippen LogP contribution in [-0.4, -0.2) is 68.3 Å². The number of esters is 2. The van der Waals surface area contributed by atoms with Crippen molar-refractivity contribution in [2.45, 2.75) is 78.0 Å². The molecule has 1 aliphatic heterocycles. The molecule has 0 spiro atoms. The van der Waals surface area contributed by atoms with Gasteiger partial charge in [0.1, 0.15) is 29.9 Å². The molecule has 14 heteroatoms. The van der Waals surface area contributed by atoms with Crippen LogP contribution in [0.15, 0.2) is 48.8 Å². The number of ether oxygens (including phenoxy) is 3. The zero-order chi connectivity index (χ0) is 33.2. The minimum atomic E-state index is -4.14. The summed E-state index contributed by atoms with van der Waals surface area (Å²) in [6.07, 6.45) is -2.19. The largest absolute Gasteiger partial charge is 0.463 e. The molecule has 3 heterocycles. The third kappa shape index (κ3) is 6.89. The van der Waals surface area contributed by atoms with E-state index in [1.165, 1.54) is 17.8 Å². The van der Waals surface area contributed by atoms with Crippen molar-refractivity contribution < 1.29 is 42.5 Å². The summed E-state index contributed by atoms with van der Waals surface area (Å²) in [5, 5.41) is 26.9. The van der Waals surface area contributed by atoms with Crippen LogP contribution < -0.4 is 4.52 Å². The van der Waals surface area contributed by atoms with Gasteiger partial charge in [-0.3, -0.25) is 14.1 Å². The SMILES string of the molecule is Cc1ncnn2c([C@]3(C#N)O[C@H](COP(=O)(C[C@@H](C)C(=O)OC(C)C)Oc4ccccc4)[C@@H](OC(=O)C(C)C)[C@@]3(C)O)ccc12. The van der Waals surface area contributed by atoms with Crippen LogP contribution in [0.1, 0.15) is 52.9 Å². The number of rotatable bonds is 12. The number of benzene rings is 1. The Labute approximate surface area is 261 Å². The Bertz CT molecular complexity index is 1620. The van der Waals surface area contributed by atoms with Gasteiger partial charge in [-0.05, 0) is 52.0 Å². The number of aliphatic hydroxyl groups is 1. The molecule has 1 unspecified atom stereocenters. The zero-order valence-electron chi connectivity index (χ0n) is 26.4. The van der Waals surface area contributed by atoms with Gasteiger partial charge in [-0.2, -0.15) is 10.4 Å². The standard InChI is InChI=1S/C31H39N4O9P/c1-19(2)28(36)42-27-25(43-31(17-32,30(27,7)38)26-14-13-24-22(6)33-18-34-35(24)26)15-40-45(39,44-23-11-9-8-10-12-23)16-21(5)29(37)41-20(3)4/h8-14,18-21,25,27,38H,15-16H2,1-7H3/t21-,25-,27-,30-,31+,45?/m1/s1. The molecule has 1 aliphatic rings. The molecule has 13 nitrogen and oxygen atoms in total. The predicted molar refractivity (Wildman–Crippen MR) is 161 cm³/mol. The Hall–Kier alpha value is -3.82. The van der Waals surface area contributed by atoms with Crippen molar-refractivity contribution in [3.05, 3.63) is 60.2 Å². The zero-order valence-corrected chi connectivity index (χ0v) is 27.3. The summed E-state index contributed by atoms with van der Waals surface area (Å²) in [6.45, 7) is 10.7. The Morgan fingerprint density at radius 2 is 1.82 bits per heavy atom. The maximum absolute atomic E-state index is 14.2. The lowest BCUT2D eigenvalue weighted by molar-refractivity contribution is -0.168. The first-order valence-electron chi connectivity index (χ1n) is 14.6. The van der Waals surface area contributed by atoms with Crippen molar-refractivity contribution in [3.63, 3.8) is 0 Å². The van der Waals surface area contributed by atoms with E-state index in [0.717, 1.165) is 0 Å². The molecule has 4 rings (SSSR count). The number of carbonyl (C=O) groups is 2. The number of hydrogen-bond donors (Lipinski definition) is 1. The van der Waals surface area contributed by atoms with Crippen molar-refractivity contribution in [1.29, 1.82) is 5.26 Å². The molecule has 1 aromatic carbocycles. The highest BCUT2D eigenvalue weighted by atomic mass is 31.2. The van der Waals surface area contributed by atoms with Gasteiger partial charge in [-0.1, -0.05) is 39.0 Å². The maximum Gasteiger partial charge on any atom is 0.380 e. The number of para-hydroxylation sites is 1. The van der Waals surface area contributed by atoms with Gasteiger partial charge in [0.15, 0.2) is 6.10 Å². The fraction of sp³-hybridized carbons (Fsp3) is 0.516. The van der Waals surface area contributed by atoms with Crippen LogP contribution in [0.2, 0.25) is 0 Å². The molecule has 1 N–H and O–H groups in total. The van der Waals surface area contributed by atoms with Crippen LogP contribution in [0, 0.1) is 30.1 Å². The van der Waals surface area contributed by atoms with E-state index in [0.29, 0.717) is 11.2 Å². The van der Waals surface area contributed by atoms with Gasteiger partial charge in [0.2, 0.25) is 5.60 Å². The summed E-state index contributed by atoms with van der Waals surface area (Å²) in [7, 11) is -4.14. The van der Waals surface area contributed by atoms with Crippen LogP contribution in [0.3, 0.4) is 0 Å². The number of fused-ring (bicyclic) bond motifs is 1. The van der Waals surface area contributed by atoms with Crippen LogP contribution in [0.4, 0.5) is 0 Å². The molecule has 0 amide bonds. The molecule has 0 radical (unpaired) electrons. The van der Waals surface area contributed by atoms with Crippen LogP contribution in [-0.2, 0) is 38.5 Å². The molecule has 242 valence electrons. The molecular weight excluding hydrogens is 603 g/mol. The number of aromatic nitrogens is 3. The van der Waals surface area contributed by atoms with Crippen LogP contribution in [0.25, 0.3) is 5.52 Å². The summed E-state index contributed by atoms with van der Waals surface area (Å²) in [6, 6.07) is 13.6. The van der Waals surface area contributed by atoms with Crippen molar-refractivity contribution in [3.8, 4) is 11.8 Å². The second-order valence-electron chi connectivity index (χ2n) is 11.9. The van der Waals surface area contributed by atoms with Gasteiger partial charge >= 0.3 is 19.5 Å². The topological polar surface area (TPSA) is 172 Å². The molecule has 1 saturated heterocycles. The van der Waals surface area contributed by atoms with Gasteiger partial charge in [-0.25, -0.2) is 14.1 Å². The van der Waals surface area contributed by atoms with E-state index in [-0.39, 0.29) is 23.7 Å². The minimum Gasteiger partial charge on any atom is -0.463 e. The fourth-order valence-electron chi connectivity index (χ4n) is 5.09. The second kappa shape index (κ2) is 13.3. The molecule has 0 aliphatic carbocycles. The lowest BCUT2D eigenvalue weighted by atomic mass is 9.80. The van der Waals surface area contributed by atoms with Crippen molar-refractivity contribution in [1.82, 2.24) is 14.6 Å².